The van der Waals surface area contributed by atoms with E-state index in [0.29, 0.717) is 11.6 Å². The molecule has 1 aliphatic carbocycles. The van der Waals surface area contributed by atoms with Crippen molar-refractivity contribution in [2.75, 3.05) is 0 Å². The third-order valence-corrected chi connectivity index (χ3v) is 6.16. The number of hydrogen-bond donors (Lipinski definition) is 2. The Kier molecular flexibility index (Phi) is 6.29. The monoisotopic (exact) mass is 458 g/mol. The highest BCUT2D eigenvalue weighted by Gasteiger charge is 2.23. The van der Waals surface area contributed by atoms with E-state index in [-0.39, 0.29) is 6.61 Å². The molecule has 2 amide bonds. The lowest BCUT2D eigenvalue weighted by molar-refractivity contribution is 0.0905. The van der Waals surface area contributed by atoms with Crippen molar-refractivity contribution in [3.63, 3.8) is 0 Å². The number of amides is 2. The molecule has 0 saturated heterocycles. The first-order valence-electron chi connectivity index (χ1n) is 11.5. The fourth-order valence-corrected chi connectivity index (χ4v) is 4.48. The molecule has 0 spiro atoms. The number of nitrogens with zero attached hydrogens (tertiary/aromatic N) is 2. The van der Waals surface area contributed by atoms with Gasteiger partial charge < -0.3 is 13.7 Å². The first-order valence-corrected chi connectivity index (χ1v) is 11.5. The Morgan fingerprint density at radius 2 is 1.85 bits per heavy atom. The largest absolute Gasteiger partial charge is 0.472 e. The fourth-order valence-electron chi connectivity index (χ4n) is 4.48. The number of hydrogen-bond acceptors (Lipinski definition) is 5. The maximum atomic E-state index is 12.7. The van der Waals surface area contributed by atoms with Crippen molar-refractivity contribution >= 4 is 23.0 Å². The third kappa shape index (κ3) is 4.66. The summed E-state index contributed by atoms with van der Waals surface area (Å²) in [7, 11) is 0. The molecule has 0 radical (unpaired) electrons. The van der Waals surface area contributed by atoms with Gasteiger partial charge in [0.05, 0.1) is 22.9 Å². The molecule has 2 aromatic heterocycles. The Labute approximate surface area is 196 Å². The van der Waals surface area contributed by atoms with E-state index in [9.17, 15) is 9.59 Å². The average Bonchev–Trinajstić information content (AvgIpc) is 3.55. The van der Waals surface area contributed by atoms with Gasteiger partial charge in [-0.1, -0.05) is 49.6 Å². The van der Waals surface area contributed by atoms with Crippen LogP contribution < -0.4 is 10.9 Å². The molecule has 0 bridgehead atoms. The zero-order valence-electron chi connectivity index (χ0n) is 18.7. The predicted octanol–water partition coefficient (Wildman–Crippen LogP) is 5.37. The third-order valence-electron chi connectivity index (χ3n) is 6.16. The van der Waals surface area contributed by atoms with Gasteiger partial charge in [-0.2, -0.15) is 0 Å². The van der Waals surface area contributed by atoms with Crippen molar-refractivity contribution in [3.8, 4) is 11.4 Å². The van der Waals surface area contributed by atoms with Crippen LogP contribution in [0.1, 0.15) is 54.1 Å². The molecular weight excluding hydrogens is 432 g/mol. The first-order chi connectivity index (χ1) is 16.7. The van der Waals surface area contributed by atoms with Gasteiger partial charge in [-0.3, -0.25) is 10.2 Å². The lowest BCUT2D eigenvalue weighted by Gasteiger charge is -2.25. The SMILES string of the molecule is O=C(NNC(=O)c1ccc2c(c1)nc(-c1ccoc1)n2C1CCCCC1)OCc1ccccc1. The Balaban J connectivity index is 1.31. The van der Waals surface area contributed by atoms with E-state index in [2.05, 4.69) is 15.4 Å². The van der Waals surface area contributed by atoms with Gasteiger partial charge in [-0.05, 0) is 42.7 Å². The van der Waals surface area contributed by atoms with Crippen LogP contribution in [0.5, 0.6) is 0 Å². The summed E-state index contributed by atoms with van der Waals surface area (Å²) in [5.41, 5.74) is 8.56. The summed E-state index contributed by atoms with van der Waals surface area (Å²) in [6.45, 7) is 0.115. The summed E-state index contributed by atoms with van der Waals surface area (Å²) >= 11 is 0. The van der Waals surface area contributed by atoms with Crippen LogP contribution >= 0.6 is 0 Å². The van der Waals surface area contributed by atoms with Gasteiger partial charge >= 0.3 is 6.09 Å². The van der Waals surface area contributed by atoms with Crippen molar-refractivity contribution in [2.24, 2.45) is 0 Å². The Bertz CT molecular complexity index is 1280. The van der Waals surface area contributed by atoms with E-state index in [4.69, 9.17) is 14.1 Å². The van der Waals surface area contributed by atoms with Crippen LogP contribution in [-0.2, 0) is 11.3 Å². The second-order valence-corrected chi connectivity index (χ2v) is 8.45. The zero-order valence-corrected chi connectivity index (χ0v) is 18.7. The summed E-state index contributed by atoms with van der Waals surface area (Å²) in [5.74, 6) is 0.395. The molecule has 8 heteroatoms. The predicted molar refractivity (Wildman–Crippen MR) is 127 cm³/mol. The van der Waals surface area contributed by atoms with Gasteiger partial charge in [0.25, 0.3) is 5.91 Å². The minimum Gasteiger partial charge on any atom is -0.472 e. The van der Waals surface area contributed by atoms with E-state index in [1.54, 1.807) is 24.7 Å². The van der Waals surface area contributed by atoms with Crippen LogP contribution in [0, 0.1) is 0 Å². The molecule has 174 valence electrons. The summed E-state index contributed by atoms with van der Waals surface area (Å²) in [5, 5.41) is 0. The van der Waals surface area contributed by atoms with E-state index in [0.717, 1.165) is 40.8 Å². The second-order valence-electron chi connectivity index (χ2n) is 8.45. The van der Waals surface area contributed by atoms with Gasteiger partial charge in [0.1, 0.15) is 18.7 Å². The van der Waals surface area contributed by atoms with Crippen molar-refractivity contribution in [1.82, 2.24) is 20.4 Å². The molecule has 8 nitrogen and oxygen atoms in total. The number of fused-ring (bicyclic) bond motifs is 1. The summed E-state index contributed by atoms with van der Waals surface area (Å²) < 4.78 is 12.7. The maximum Gasteiger partial charge on any atom is 0.426 e. The lowest BCUT2D eigenvalue weighted by Crippen LogP contribution is -2.41. The van der Waals surface area contributed by atoms with Crippen LogP contribution in [0.3, 0.4) is 0 Å². The normalized spacial score (nSPS) is 14.1. The number of ether oxygens (including phenoxy) is 1. The summed E-state index contributed by atoms with van der Waals surface area (Å²) in [6.07, 6.45) is 8.46. The highest BCUT2D eigenvalue weighted by atomic mass is 16.6. The Morgan fingerprint density at radius 3 is 2.62 bits per heavy atom. The number of benzene rings is 2. The van der Waals surface area contributed by atoms with E-state index >= 15 is 0 Å². The van der Waals surface area contributed by atoms with Gasteiger partial charge in [0.2, 0.25) is 0 Å². The topological polar surface area (TPSA) is 98.4 Å². The Hall–Kier alpha value is -4.07. The van der Waals surface area contributed by atoms with E-state index < -0.39 is 12.0 Å². The zero-order chi connectivity index (χ0) is 23.3. The molecule has 1 saturated carbocycles. The van der Waals surface area contributed by atoms with Crippen LogP contribution in [0.2, 0.25) is 0 Å². The minimum absolute atomic E-state index is 0.115. The molecule has 0 atom stereocenters. The summed E-state index contributed by atoms with van der Waals surface area (Å²) in [4.78, 5) is 29.4. The van der Waals surface area contributed by atoms with Crippen LogP contribution in [0.25, 0.3) is 22.4 Å². The lowest BCUT2D eigenvalue weighted by atomic mass is 9.95. The maximum absolute atomic E-state index is 12.7. The number of carbonyl (C=O) groups excluding carboxylic acids is 2. The van der Waals surface area contributed by atoms with Gasteiger partial charge in [0.15, 0.2) is 0 Å². The van der Waals surface area contributed by atoms with Crippen molar-refractivity contribution in [2.45, 2.75) is 44.8 Å². The molecule has 2 heterocycles. The number of carbonyl (C=O) groups is 2. The summed E-state index contributed by atoms with van der Waals surface area (Å²) in [6, 6.07) is 17.0. The number of nitrogens with one attached hydrogen (secondary N) is 2. The number of furan rings is 1. The molecule has 2 N–H and O–H groups in total. The molecule has 0 aliphatic heterocycles. The highest BCUT2D eigenvalue weighted by molar-refractivity contribution is 5.98. The van der Waals surface area contributed by atoms with Crippen molar-refractivity contribution in [1.29, 1.82) is 0 Å². The standard InChI is InChI=1S/C26H26N4O4/c31-25(28-29-26(32)34-16-18-7-3-1-4-8-18)19-11-12-23-22(15-19)27-24(20-13-14-33-17-20)30(23)21-9-5-2-6-10-21/h1,3-4,7-8,11-15,17,21H,2,5-6,9-10,16H2,(H,28,31)(H,29,32). The number of rotatable bonds is 5. The van der Waals surface area contributed by atoms with E-state index in [1.807, 2.05) is 42.5 Å². The second kappa shape index (κ2) is 9.82. The first kappa shape index (κ1) is 21.8. The molecule has 4 aromatic rings. The van der Waals surface area contributed by atoms with E-state index in [1.165, 1.54) is 19.3 Å². The smallest absolute Gasteiger partial charge is 0.426 e. The molecule has 1 fully saturated rings. The number of hydrazine groups is 1. The van der Waals surface area contributed by atoms with Crippen LogP contribution in [-0.4, -0.2) is 21.6 Å². The molecule has 5 rings (SSSR count). The minimum atomic E-state index is -0.734. The van der Waals surface area contributed by atoms with Gasteiger partial charge in [-0.25, -0.2) is 15.2 Å². The van der Waals surface area contributed by atoms with Gasteiger partial charge in [0, 0.05) is 11.6 Å². The van der Waals surface area contributed by atoms with Crippen molar-refractivity contribution < 1.29 is 18.7 Å². The highest BCUT2D eigenvalue weighted by Crippen LogP contribution is 2.36. The molecular formula is C26H26N4O4. The molecule has 2 aromatic carbocycles. The Morgan fingerprint density at radius 1 is 1.03 bits per heavy atom. The quantitative estimate of drug-likeness (QED) is 0.392. The fraction of sp³-hybridized carbons (Fsp3) is 0.269. The van der Waals surface area contributed by atoms with Crippen LogP contribution in [0.4, 0.5) is 4.79 Å². The van der Waals surface area contributed by atoms with Crippen LogP contribution in [0.15, 0.2) is 71.5 Å². The average molecular weight is 459 g/mol. The molecule has 1 aliphatic rings. The van der Waals surface area contributed by atoms with Crippen molar-refractivity contribution in [3.05, 3.63) is 78.3 Å². The molecule has 0 unspecified atom stereocenters. The number of imidazole rings is 1. The number of aromatic nitrogens is 2. The van der Waals surface area contributed by atoms with Gasteiger partial charge in [-0.15, -0.1) is 0 Å². The molecule has 34 heavy (non-hydrogen) atoms.